The van der Waals surface area contributed by atoms with Crippen LogP contribution in [0, 0.1) is 5.82 Å². The first-order valence-electron chi connectivity index (χ1n) is 8.05. The molecular formula is C19H21FN2O3. The fraction of sp³-hybridized carbons (Fsp3) is 0.263. The lowest BCUT2D eigenvalue weighted by Gasteiger charge is -2.15. The van der Waals surface area contributed by atoms with Crippen molar-refractivity contribution in [3.05, 3.63) is 65.5 Å². The van der Waals surface area contributed by atoms with Crippen LogP contribution >= 0.6 is 0 Å². The summed E-state index contributed by atoms with van der Waals surface area (Å²) in [6.45, 7) is 4.17. The Bertz CT molecular complexity index is 732. The molecule has 0 spiro atoms. The molecule has 1 atom stereocenters. The van der Waals surface area contributed by atoms with E-state index in [1.54, 1.807) is 0 Å². The molecule has 2 aromatic carbocycles. The molecule has 0 aromatic heterocycles. The monoisotopic (exact) mass is 344 g/mol. The van der Waals surface area contributed by atoms with Crippen LogP contribution in [0.3, 0.4) is 0 Å². The van der Waals surface area contributed by atoms with Crippen molar-refractivity contribution in [1.82, 2.24) is 10.6 Å². The van der Waals surface area contributed by atoms with Crippen LogP contribution in [0.25, 0.3) is 0 Å². The summed E-state index contributed by atoms with van der Waals surface area (Å²) in [4.78, 5) is 23.9. The SMILES string of the molecule is CCOc1ccc(C(C)NC(=O)CNC(=O)c2cccc(F)c2)cc1. The average molecular weight is 344 g/mol. The van der Waals surface area contributed by atoms with Crippen LogP contribution in [0.5, 0.6) is 5.75 Å². The van der Waals surface area contributed by atoms with Crippen LogP contribution in [0.1, 0.15) is 35.8 Å². The van der Waals surface area contributed by atoms with Crippen LogP contribution in [0.2, 0.25) is 0 Å². The summed E-state index contributed by atoms with van der Waals surface area (Å²) in [7, 11) is 0. The first kappa shape index (κ1) is 18.4. The molecule has 5 nitrogen and oxygen atoms in total. The number of rotatable bonds is 7. The molecule has 0 radical (unpaired) electrons. The van der Waals surface area contributed by atoms with E-state index in [4.69, 9.17) is 4.74 Å². The first-order chi connectivity index (χ1) is 12.0. The number of halogens is 1. The summed E-state index contributed by atoms with van der Waals surface area (Å²) >= 11 is 0. The summed E-state index contributed by atoms with van der Waals surface area (Å²) < 4.78 is 18.5. The number of hydrogen-bond acceptors (Lipinski definition) is 3. The third-order valence-corrected chi connectivity index (χ3v) is 3.56. The van der Waals surface area contributed by atoms with Gasteiger partial charge < -0.3 is 15.4 Å². The van der Waals surface area contributed by atoms with E-state index in [0.717, 1.165) is 17.4 Å². The quantitative estimate of drug-likeness (QED) is 0.812. The molecule has 1 unspecified atom stereocenters. The predicted octanol–water partition coefficient (Wildman–Crippen LogP) is 2.83. The van der Waals surface area contributed by atoms with Gasteiger partial charge in [0, 0.05) is 5.56 Å². The molecule has 0 aliphatic heterocycles. The lowest BCUT2D eigenvalue weighted by molar-refractivity contribution is -0.120. The van der Waals surface area contributed by atoms with Gasteiger partial charge in [0.1, 0.15) is 11.6 Å². The Morgan fingerprint density at radius 3 is 2.52 bits per heavy atom. The van der Waals surface area contributed by atoms with Crippen LogP contribution in [0.15, 0.2) is 48.5 Å². The van der Waals surface area contributed by atoms with Gasteiger partial charge in [-0.3, -0.25) is 9.59 Å². The van der Waals surface area contributed by atoms with E-state index in [1.165, 1.54) is 18.2 Å². The van der Waals surface area contributed by atoms with E-state index in [0.29, 0.717) is 6.61 Å². The summed E-state index contributed by atoms with van der Waals surface area (Å²) in [6.07, 6.45) is 0. The normalized spacial score (nSPS) is 11.5. The van der Waals surface area contributed by atoms with Crippen LogP contribution in [0.4, 0.5) is 4.39 Å². The second kappa shape index (κ2) is 8.82. The zero-order valence-electron chi connectivity index (χ0n) is 14.2. The van der Waals surface area contributed by atoms with Crippen LogP contribution in [-0.4, -0.2) is 25.0 Å². The molecule has 25 heavy (non-hydrogen) atoms. The Morgan fingerprint density at radius 2 is 1.88 bits per heavy atom. The van der Waals surface area contributed by atoms with E-state index >= 15 is 0 Å². The van der Waals surface area contributed by atoms with Crippen LogP contribution in [-0.2, 0) is 4.79 Å². The molecule has 0 aliphatic carbocycles. The molecule has 6 heteroatoms. The smallest absolute Gasteiger partial charge is 0.251 e. The molecule has 2 aromatic rings. The van der Waals surface area contributed by atoms with Crippen molar-refractivity contribution < 1.29 is 18.7 Å². The van der Waals surface area contributed by atoms with Crippen molar-refractivity contribution in [2.45, 2.75) is 19.9 Å². The lowest BCUT2D eigenvalue weighted by atomic mass is 10.1. The zero-order valence-corrected chi connectivity index (χ0v) is 14.2. The maximum Gasteiger partial charge on any atom is 0.251 e. The highest BCUT2D eigenvalue weighted by atomic mass is 19.1. The Kier molecular flexibility index (Phi) is 6.51. The molecule has 2 amide bonds. The van der Waals surface area contributed by atoms with E-state index < -0.39 is 11.7 Å². The van der Waals surface area contributed by atoms with Gasteiger partial charge >= 0.3 is 0 Å². The average Bonchev–Trinajstić information content (AvgIpc) is 2.60. The maximum absolute atomic E-state index is 13.1. The molecule has 0 fully saturated rings. The summed E-state index contributed by atoms with van der Waals surface area (Å²) in [6, 6.07) is 12.5. The number of hydrogen-bond donors (Lipinski definition) is 2. The van der Waals surface area contributed by atoms with E-state index in [2.05, 4.69) is 10.6 Å². The van der Waals surface area contributed by atoms with Crippen molar-refractivity contribution in [3.8, 4) is 5.75 Å². The minimum Gasteiger partial charge on any atom is -0.494 e. The number of nitrogens with one attached hydrogen (secondary N) is 2. The standard InChI is InChI=1S/C19H21FN2O3/c1-3-25-17-9-7-14(8-10-17)13(2)22-18(23)12-21-19(24)15-5-4-6-16(20)11-15/h4-11,13H,3,12H2,1-2H3,(H,21,24)(H,22,23). The summed E-state index contributed by atoms with van der Waals surface area (Å²) in [5, 5.41) is 5.27. The number of benzene rings is 2. The second-order valence-corrected chi connectivity index (χ2v) is 5.48. The van der Waals surface area contributed by atoms with Gasteiger partial charge in [-0.05, 0) is 49.7 Å². The predicted molar refractivity (Wildman–Crippen MR) is 92.9 cm³/mol. The Balaban J connectivity index is 1.83. The van der Waals surface area contributed by atoms with Gasteiger partial charge in [0.2, 0.25) is 5.91 Å². The van der Waals surface area contributed by atoms with Gasteiger partial charge in [-0.25, -0.2) is 4.39 Å². The van der Waals surface area contributed by atoms with Crippen molar-refractivity contribution in [2.24, 2.45) is 0 Å². The maximum atomic E-state index is 13.1. The minimum absolute atomic E-state index is 0.173. The molecule has 0 saturated carbocycles. The van der Waals surface area contributed by atoms with E-state index in [-0.39, 0.29) is 24.1 Å². The van der Waals surface area contributed by atoms with Gasteiger partial charge in [-0.2, -0.15) is 0 Å². The molecule has 0 bridgehead atoms. The molecule has 2 N–H and O–H groups in total. The number of carbonyl (C=O) groups excluding carboxylic acids is 2. The van der Waals surface area contributed by atoms with Crippen molar-refractivity contribution >= 4 is 11.8 Å². The lowest BCUT2D eigenvalue weighted by Crippen LogP contribution is -2.38. The van der Waals surface area contributed by atoms with Gasteiger partial charge in [0.15, 0.2) is 0 Å². The Hall–Kier alpha value is -2.89. The largest absolute Gasteiger partial charge is 0.494 e. The van der Waals surface area contributed by atoms with Gasteiger partial charge in [-0.15, -0.1) is 0 Å². The first-order valence-corrected chi connectivity index (χ1v) is 8.05. The molecule has 2 rings (SSSR count). The highest BCUT2D eigenvalue weighted by Crippen LogP contribution is 2.17. The van der Waals surface area contributed by atoms with Gasteiger partial charge in [0.05, 0.1) is 19.2 Å². The Morgan fingerprint density at radius 1 is 1.16 bits per heavy atom. The van der Waals surface area contributed by atoms with Crippen molar-refractivity contribution in [1.29, 1.82) is 0 Å². The third-order valence-electron chi connectivity index (χ3n) is 3.56. The molecule has 0 aliphatic rings. The zero-order chi connectivity index (χ0) is 18.2. The summed E-state index contributed by atoms with van der Waals surface area (Å²) in [5.74, 6) is -0.553. The fourth-order valence-electron chi connectivity index (χ4n) is 2.29. The van der Waals surface area contributed by atoms with E-state index in [9.17, 15) is 14.0 Å². The molecular weight excluding hydrogens is 323 g/mol. The highest BCUT2D eigenvalue weighted by molar-refractivity contribution is 5.96. The Labute approximate surface area is 146 Å². The highest BCUT2D eigenvalue weighted by Gasteiger charge is 2.12. The minimum atomic E-state index is -0.499. The topological polar surface area (TPSA) is 67.4 Å². The van der Waals surface area contributed by atoms with Gasteiger partial charge in [0.25, 0.3) is 5.91 Å². The summed E-state index contributed by atoms with van der Waals surface area (Å²) in [5.41, 5.74) is 1.10. The molecule has 0 heterocycles. The van der Waals surface area contributed by atoms with Crippen molar-refractivity contribution in [2.75, 3.05) is 13.2 Å². The molecule has 132 valence electrons. The second-order valence-electron chi connectivity index (χ2n) is 5.48. The van der Waals surface area contributed by atoms with Crippen molar-refractivity contribution in [3.63, 3.8) is 0 Å². The third kappa shape index (κ3) is 5.60. The number of amides is 2. The molecule has 0 saturated heterocycles. The number of carbonyl (C=O) groups is 2. The van der Waals surface area contributed by atoms with Gasteiger partial charge in [-0.1, -0.05) is 18.2 Å². The van der Waals surface area contributed by atoms with Crippen LogP contribution < -0.4 is 15.4 Å². The fourth-order valence-corrected chi connectivity index (χ4v) is 2.29. The number of ether oxygens (including phenoxy) is 1. The van der Waals surface area contributed by atoms with E-state index in [1.807, 2.05) is 38.1 Å².